The molecule has 21 heavy (non-hydrogen) atoms. The summed E-state index contributed by atoms with van der Waals surface area (Å²) in [5.74, 6) is 6.53. The van der Waals surface area contributed by atoms with Crippen molar-refractivity contribution in [1.29, 1.82) is 0 Å². The summed E-state index contributed by atoms with van der Waals surface area (Å²) in [5.41, 5.74) is 5.13. The normalized spacial score (nSPS) is 12.2. The van der Waals surface area contributed by atoms with Crippen molar-refractivity contribution in [3.05, 3.63) is 63.1 Å². The zero-order chi connectivity index (χ0) is 15.2. The van der Waals surface area contributed by atoms with Gasteiger partial charge in [-0.15, -0.1) is 0 Å². The Bertz CT molecular complexity index is 607. The minimum absolute atomic E-state index is 0.0936. The summed E-state index contributed by atoms with van der Waals surface area (Å²) < 4.78 is 6.47. The highest BCUT2D eigenvalue weighted by Gasteiger charge is 2.14. The van der Waals surface area contributed by atoms with Crippen LogP contribution < -0.4 is 16.0 Å². The van der Waals surface area contributed by atoms with Crippen LogP contribution in [0.2, 0.25) is 5.02 Å². The number of ether oxygens (including phenoxy) is 1. The molecule has 2 rings (SSSR count). The maximum absolute atomic E-state index is 6.07. The second kappa shape index (κ2) is 7.80. The summed E-state index contributed by atoms with van der Waals surface area (Å²) >= 11 is 9.64. The number of hydrogen-bond acceptors (Lipinski definition) is 3. The van der Waals surface area contributed by atoms with E-state index in [0.29, 0.717) is 5.02 Å². The number of hydrazine groups is 1. The van der Waals surface area contributed by atoms with Crippen LogP contribution in [-0.4, -0.2) is 13.2 Å². The lowest BCUT2D eigenvalue weighted by atomic mass is 9.99. The molecule has 0 aliphatic carbocycles. The van der Waals surface area contributed by atoms with Crippen molar-refractivity contribution < 1.29 is 4.74 Å². The van der Waals surface area contributed by atoms with Gasteiger partial charge in [-0.25, -0.2) is 0 Å². The molecule has 0 bridgehead atoms. The molecule has 3 nitrogen and oxygen atoms in total. The first-order valence-electron chi connectivity index (χ1n) is 6.66. The Hall–Kier alpha value is -1.07. The SMILES string of the molecule is COc1ccc(Cl)cc1CC(Cc1ccccc1Br)NN. The quantitative estimate of drug-likeness (QED) is 0.602. The molecule has 0 saturated carbocycles. The lowest BCUT2D eigenvalue weighted by molar-refractivity contribution is 0.404. The Morgan fingerprint density at radius 3 is 2.57 bits per heavy atom. The van der Waals surface area contributed by atoms with E-state index >= 15 is 0 Å². The van der Waals surface area contributed by atoms with Crippen LogP contribution in [-0.2, 0) is 12.8 Å². The number of nitrogens with one attached hydrogen (secondary N) is 1. The van der Waals surface area contributed by atoms with Gasteiger partial charge >= 0.3 is 0 Å². The molecule has 0 saturated heterocycles. The molecule has 0 aromatic heterocycles. The summed E-state index contributed by atoms with van der Waals surface area (Å²) in [5, 5.41) is 0.697. The van der Waals surface area contributed by atoms with E-state index in [9.17, 15) is 0 Å². The van der Waals surface area contributed by atoms with E-state index in [1.807, 2.05) is 36.4 Å². The summed E-state index contributed by atoms with van der Waals surface area (Å²) in [6.45, 7) is 0. The fraction of sp³-hybridized carbons (Fsp3) is 0.250. The monoisotopic (exact) mass is 368 g/mol. The Balaban J connectivity index is 2.16. The second-order valence-electron chi connectivity index (χ2n) is 4.82. The summed E-state index contributed by atoms with van der Waals surface area (Å²) in [4.78, 5) is 0. The third kappa shape index (κ3) is 4.45. The minimum Gasteiger partial charge on any atom is -0.496 e. The third-order valence-corrected chi connectivity index (χ3v) is 4.38. The first-order chi connectivity index (χ1) is 10.1. The lowest BCUT2D eigenvalue weighted by Gasteiger charge is -2.18. The van der Waals surface area contributed by atoms with Gasteiger partial charge in [-0.2, -0.15) is 0 Å². The van der Waals surface area contributed by atoms with Crippen LogP contribution >= 0.6 is 27.5 Å². The summed E-state index contributed by atoms with van der Waals surface area (Å²) in [6.07, 6.45) is 1.55. The van der Waals surface area contributed by atoms with Crippen LogP contribution in [0.3, 0.4) is 0 Å². The zero-order valence-electron chi connectivity index (χ0n) is 11.8. The Morgan fingerprint density at radius 1 is 1.19 bits per heavy atom. The number of methoxy groups -OCH3 is 1. The number of benzene rings is 2. The molecule has 0 aliphatic heterocycles. The Morgan fingerprint density at radius 2 is 1.90 bits per heavy atom. The molecule has 0 heterocycles. The number of halogens is 2. The maximum atomic E-state index is 6.07. The molecule has 0 radical (unpaired) electrons. The summed E-state index contributed by atoms with van der Waals surface area (Å²) in [7, 11) is 1.66. The average molecular weight is 370 g/mol. The topological polar surface area (TPSA) is 47.3 Å². The molecule has 0 aliphatic rings. The van der Waals surface area contributed by atoms with Gasteiger partial charge in [0, 0.05) is 15.5 Å². The van der Waals surface area contributed by atoms with E-state index in [2.05, 4.69) is 27.4 Å². The van der Waals surface area contributed by atoms with Crippen LogP contribution in [0.25, 0.3) is 0 Å². The number of nitrogens with two attached hydrogens (primary N) is 1. The molecule has 3 N–H and O–H groups in total. The van der Waals surface area contributed by atoms with E-state index in [0.717, 1.165) is 28.6 Å². The van der Waals surface area contributed by atoms with Gasteiger partial charge in [0.1, 0.15) is 5.75 Å². The van der Waals surface area contributed by atoms with E-state index < -0.39 is 0 Å². The van der Waals surface area contributed by atoms with Gasteiger partial charge in [-0.1, -0.05) is 45.7 Å². The standard InChI is InChI=1S/C16H18BrClN2O/c1-21-16-7-6-13(18)8-12(16)10-14(20-19)9-11-4-2-3-5-15(11)17/h2-8,14,20H,9-10,19H2,1H3. The van der Waals surface area contributed by atoms with Crippen molar-refractivity contribution in [2.75, 3.05) is 7.11 Å². The van der Waals surface area contributed by atoms with Gasteiger partial charge < -0.3 is 4.74 Å². The molecule has 0 spiro atoms. The molecule has 1 unspecified atom stereocenters. The first kappa shape index (κ1) is 16.3. The molecular formula is C16H18BrClN2O. The first-order valence-corrected chi connectivity index (χ1v) is 7.83. The molecule has 1 atom stereocenters. The minimum atomic E-state index is 0.0936. The highest BCUT2D eigenvalue weighted by molar-refractivity contribution is 9.10. The molecule has 2 aromatic carbocycles. The Labute approximate surface area is 138 Å². The van der Waals surface area contributed by atoms with E-state index in [-0.39, 0.29) is 6.04 Å². The van der Waals surface area contributed by atoms with Gasteiger partial charge in [0.05, 0.1) is 7.11 Å². The maximum Gasteiger partial charge on any atom is 0.122 e. The second-order valence-corrected chi connectivity index (χ2v) is 6.11. The van der Waals surface area contributed by atoms with Crippen molar-refractivity contribution in [2.24, 2.45) is 5.84 Å². The molecular weight excluding hydrogens is 352 g/mol. The van der Waals surface area contributed by atoms with Gasteiger partial charge in [0.15, 0.2) is 0 Å². The molecule has 2 aromatic rings. The van der Waals surface area contributed by atoms with E-state index in [4.69, 9.17) is 22.2 Å². The molecule has 0 amide bonds. The van der Waals surface area contributed by atoms with Crippen molar-refractivity contribution in [3.63, 3.8) is 0 Å². The van der Waals surface area contributed by atoms with Crippen molar-refractivity contribution in [2.45, 2.75) is 18.9 Å². The third-order valence-electron chi connectivity index (χ3n) is 3.37. The predicted octanol–water partition coefficient (Wildman–Crippen LogP) is 3.73. The van der Waals surface area contributed by atoms with E-state index in [1.165, 1.54) is 5.56 Å². The molecule has 5 heteroatoms. The zero-order valence-corrected chi connectivity index (χ0v) is 14.1. The number of rotatable bonds is 6. The fourth-order valence-electron chi connectivity index (χ4n) is 2.29. The van der Waals surface area contributed by atoms with Gasteiger partial charge in [0.25, 0.3) is 0 Å². The molecule has 112 valence electrons. The van der Waals surface area contributed by atoms with Crippen molar-refractivity contribution in [1.82, 2.24) is 5.43 Å². The smallest absolute Gasteiger partial charge is 0.122 e. The van der Waals surface area contributed by atoms with Gasteiger partial charge in [-0.05, 0) is 48.2 Å². The van der Waals surface area contributed by atoms with Gasteiger partial charge in [-0.3, -0.25) is 11.3 Å². The fourth-order valence-corrected chi connectivity index (χ4v) is 2.93. The Kier molecular flexibility index (Phi) is 6.06. The van der Waals surface area contributed by atoms with Crippen LogP contribution in [0.1, 0.15) is 11.1 Å². The summed E-state index contributed by atoms with van der Waals surface area (Å²) in [6, 6.07) is 13.9. The largest absolute Gasteiger partial charge is 0.496 e. The van der Waals surface area contributed by atoms with Crippen LogP contribution in [0.4, 0.5) is 0 Å². The predicted molar refractivity (Wildman–Crippen MR) is 90.7 cm³/mol. The van der Waals surface area contributed by atoms with Crippen molar-refractivity contribution in [3.8, 4) is 5.75 Å². The van der Waals surface area contributed by atoms with Gasteiger partial charge in [0.2, 0.25) is 0 Å². The highest BCUT2D eigenvalue weighted by atomic mass is 79.9. The lowest BCUT2D eigenvalue weighted by Crippen LogP contribution is -2.38. The highest BCUT2D eigenvalue weighted by Crippen LogP contribution is 2.25. The van der Waals surface area contributed by atoms with Crippen LogP contribution in [0, 0.1) is 0 Å². The van der Waals surface area contributed by atoms with Crippen LogP contribution in [0.15, 0.2) is 46.9 Å². The van der Waals surface area contributed by atoms with Crippen LogP contribution in [0.5, 0.6) is 5.75 Å². The average Bonchev–Trinajstić information content (AvgIpc) is 2.49. The number of hydrogen-bond donors (Lipinski definition) is 2. The molecule has 0 fully saturated rings. The van der Waals surface area contributed by atoms with E-state index in [1.54, 1.807) is 7.11 Å². The van der Waals surface area contributed by atoms with Crippen molar-refractivity contribution >= 4 is 27.5 Å².